The van der Waals surface area contributed by atoms with Crippen molar-refractivity contribution in [3.05, 3.63) is 24.0 Å². The standard InChI is InChI=1S/C13H20N2O2/c1-13(2,17)9-14(3)12(16)11-5-4-8-15(11)10-6-7-10/h4-5,8,10,17H,6-7,9H2,1-3H3. The van der Waals surface area contributed by atoms with E-state index >= 15 is 0 Å². The number of hydrogen-bond acceptors (Lipinski definition) is 2. The van der Waals surface area contributed by atoms with Gasteiger partial charge in [-0.25, -0.2) is 0 Å². The van der Waals surface area contributed by atoms with Crippen LogP contribution in [0.25, 0.3) is 0 Å². The molecule has 1 aliphatic carbocycles. The SMILES string of the molecule is CN(CC(C)(C)O)C(=O)c1cccn1C1CC1. The van der Waals surface area contributed by atoms with Crippen LogP contribution >= 0.6 is 0 Å². The minimum absolute atomic E-state index is 0.0241. The van der Waals surface area contributed by atoms with E-state index in [0.717, 1.165) is 18.5 Å². The first kappa shape index (κ1) is 12.2. The average molecular weight is 236 g/mol. The predicted molar refractivity (Wildman–Crippen MR) is 66.0 cm³/mol. The Bertz CT molecular complexity index is 413. The molecule has 1 amide bonds. The van der Waals surface area contributed by atoms with E-state index in [-0.39, 0.29) is 5.91 Å². The van der Waals surface area contributed by atoms with Gasteiger partial charge in [0.05, 0.1) is 5.60 Å². The van der Waals surface area contributed by atoms with Crippen molar-refractivity contribution in [3.8, 4) is 0 Å². The number of likely N-dealkylation sites (N-methyl/N-ethyl adjacent to an activating group) is 1. The van der Waals surface area contributed by atoms with Crippen LogP contribution in [0.5, 0.6) is 0 Å². The number of aliphatic hydroxyl groups is 1. The second-order valence-corrected chi connectivity index (χ2v) is 5.51. The largest absolute Gasteiger partial charge is 0.389 e. The summed E-state index contributed by atoms with van der Waals surface area (Å²) < 4.78 is 2.04. The van der Waals surface area contributed by atoms with Crippen molar-refractivity contribution in [2.45, 2.75) is 38.3 Å². The number of carbonyl (C=O) groups is 1. The number of rotatable bonds is 4. The summed E-state index contributed by atoms with van der Waals surface area (Å²) in [7, 11) is 1.73. The molecule has 0 unspecified atom stereocenters. The Balaban J connectivity index is 2.10. The molecule has 0 radical (unpaired) electrons. The highest BCUT2D eigenvalue weighted by Crippen LogP contribution is 2.36. The number of nitrogens with zero attached hydrogens (tertiary/aromatic N) is 2. The van der Waals surface area contributed by atoms with E-state index in [0.29, 0.717) is 12.6 Å². The van der Waals surface area contributed by atoms with Crippen LogP contribution in [-0.2, 0) is 0 Å². The van der Waals surface area contributed by atoms with Gasteiger partial charge in [0, 0.05) is 25.8 Å². The van der Waals surface area contributed by atoms with Crippen LogP contribution in [0.1, 0.15) is 43.2 Å². The van der Waals surface area contributed by atoms with Crippen molar-refractivity contribution in [2.75, 3.05) is 13.6 Å². The number of carbonyl (C=O) groups excluding carboxylic acids is 1. The molecule has 0 atom stereocenters. The van der Waals surface area contributed by atoms with Gasteiger partial charge in [0.15, 0.2) is 0 Å². The van der Waals surface area contributed by atoms with E-state index in [2.05, 4.69) is 0 Å². The van der Waals surface area contributed by atoms with Crippen LogP contribution in [0, 0.1) is 0 Å². The summed E-state index contributed by atoms with van der Waals surface area (Å²) in [6.07, 6.45) is 4.27. The fraction of sp³-hybridized carbons (Fsp3) is 0.615. The Kier molecular flexibility index (Phi) is 3.00. The molecule has 1 fully saturated rings. The highest BCUT2D eigenvalue weighted by Gasteiger charge is 2.28. The normalized spacial score (nSPS) is 16.0. The molecular formula is C13H20N2O2. The molecule has 4 heteroatoms. The lowest BCUT2D eigenvalue weighted by atomic mass is 10.1. The van der Waals surface area contributed by atoms with Gasteiger partial charge in [-0.05, 0) is 38.8 Å². The van der Waals surface area contributed by atoms with Crippen LogP contribution < -0.4 is 0 Å². The van der Waals surface area contributed by atoms with E-state index in [1.807, 2.05) is 22.9 Å². The summed E-state index contributed by atoms with van der Waals surface area (Å²) in [6, 6.07) is 4.25. The number of amides is 1. The zero-order chi connectivity index (χ0) is 12.6. The van der Waals surface area contributed by atoms with Crippen LogP contribution in [0.2, 0.25) is 0 Å². The van der Waals surface area contributed by atoms with Crippen molar-refractivity contribution in [1.29, 1.82) is 0 Å². The molecule has 1 saturated carbocycles. The first-order chi connectivity index (χ1) is 7.88. The van der Waals surface area contributed by atoms with Gasteiger partial charge in [-0.2, -0.15) is 0 Å². The van der Waals surface area contributed by atoms with Crippen molar-refractivity contribution in [2.24, 2.45) is 0 Å². The topological polar surface area (TPSA) is 45.5 Å². The van der Waals surface area contributed by atoms with Gasteiger partial charge in [0.1, 0.15) is 5.69 Å². The highest BCUT2D eigenvalue weighted by atomic mass is 16.3. The monoisotopic (exact) mass is 236 g/mol. The van der Waals surface area contributed by atoms with Gasteiger partial charge in [-0.3, -0.25) is 4.79 Å². The molecule has 1 aliphatic rings. The molecule has 0 saturated heterocycles. The van der Waals surface area contributed by atoms with Crippen molar-refractivity contribution in [1.82, 2.24) is 9.47 Å². The molecule has 1 aromatic heterocycles. The summed E-state index contributed by atoms with van der Waals surface area (Å²) in [5.74, 6) is -0.0241. The van der Waals surface area contributed by atoms with E-state index in [1.54, 1.807) is 25.8 Å². The lowest BCUT2D eigenvalue weighted by molar-refractivity contribution is 0.0362. The minimum atomic E-state index is -0.860. The predicted octanol–water partition coefficient (Wildman–Crippen LogP) is 1.67. The third-order valence-electron chi connectivity index (χ3n) is 2.91. The fourth-order valence-electron chi connectivity index (χ4n) is 2.09. The van der Waals surface area contributed by atoms with E-state index < -0.39 is 5.60 Å². The van der Waals surface area contributed by atoms with Crippen molar-refractivity contribution >= 4 is 5.91 Å². The summed E-state index contributed by atoms with van der Waals surface area (Å²) >= 11 is 0. The van der Waals surface area contributed by atoms with Gasteiger partial charge in [0.25, 0.3) is 5.91 Å². The molecule has 1 aromatic rings. The second-order valence-electron chi connectivity index (χ2n) is 5.51. The third-order valence-corrected chi connectivity index (χ3v) is 2.91. The average Bonchev–Trinajstić information content (AvgIpc) is 2.93. The maximum Gasteiger partial charge on any atom is 0.270 e. The fourth-order valence-corrected chi connectivity index (χ4v) is 2.09. The lowest BCUT2D eigenvalue weighted by Crippen LogP contribution is -2.40. The highest BCUT2D eigenvalue weighted by molar-refractivity contribution is 5.92. The summed E-state index contributed by atoms with van der Waals surface area (Å²) in [5, 5.41) is 9.72. The molecule has 0 spiro atoms. The zero-order valence-electron chi connectivity index (χ0n) is 10.7. The summed E-state index contributed by atoms with van der Waals surface area (Å²) in [6.45, 7) is 3.75. The summed E-state index contributed by atoms with van der Waals surface area (Å²) in [5.41, 5.74) is -0.138. The maximum absolute atomic E-state index is 12.2. The second kappa shape index (κ2) is 4.18. The van der Waals surface area contributed by atoms with Gasteiger partial charge < -0.3 is 14.6 Å². The Morgan fingerprint density at radius 3 is 2.76 bits per heavy atom. The molecule has 0 aromatic carbocycles. The van der Waals surface area contributed by atoms with Crippen molar-refractivity contribution < 1.29 is 9.90 Å². The third kappa shape index (κ3) is 2.88. The van der Waals surface area contributed by atoms with Crippen LogP contribution in [0.15, 0.2) is 18.3 Å². The first-order valence-electron chi connectivity index (χ1n) is 6.03. The molecule has 1 N–H and O–H groups in total. The van der Waals surface area contributed by atoms with Gasteiger partial charge in [-0.15, -0.1) is 0 Å². The van der Waals surface area contributed by atoms with Crippen LogP contribution in [0.3, 0.4) is 0 Å². The van der Waals surface area contributed by atoms with Crippen molar-refractivity contribution in [3.63, 3.8) is 0 Å². The maximum atomic E-state index is 12.2. The lowest BCUT2D eigenvalue weighted by Gasteiger charge is -2.26. The van der Waals surface area contributed by atoms with Gasteiger partial charge >= 0.3 is 0 Å². The van der Waals surface area contributed by atoms with E-state index in [9.17, 15) is 9.90 Å². The minimum Gasteiger partial charge on any atom is -0.389 e. The zero-order valence-corrected chi connectivity index (χ0v) is 10.7. The Labute approximate surface area is 102 Å². The Morgan fingerprint density at radius 2 is 2.24 bits per heavy atom. The molecule has 4 nitrogen and oxygen atoms in total. The van der Waals surface area contributed by atoms with Crippen LogP contribution in [-0.4, -0.2) is 39.7 Å². The molecule has 0 bridgehead atoms. The summed E-state index contributed by atoms with van der Waals surface area (Å²) in [4.78, 5) is 13.8. The first-order valence-corrected chi connectivity index (χ1v) is 6.03. The molecule has 94 valence electrons. The van der Waals surface area contributed by atoms with Gasteiger partial charge in [-0.1, -0.05) is 0 Å². The van der Waals surface area contributed by atoms with Crippen LogP contribution in [0.4, 0.5) is 0 Å². The Morgan fingerprint density at radius 1 is 1.59 bits per heavy atom. The molecule has 17 heavy (non-hydrogen) atoms. The smallest absolute Gasteiger partial charge is 0.270 e. The van der Waals surface area contributed by atoms with E-state index in [4.69, 9.17) is 0 Å². The van der Waals surface area contributed by atoms with E-state index in [1.165, 1.54) is 0 Å². The molecule has 2 rings (SSSR count). The molecular weight excluding hydrogens is 216 g/mol. The Hall–Kier alpha value is -1.29. The number of hydrogen-bond donors (Lipinski definition) is 1. The molecule has 1 heterocycles. The molecule has 0 aliphatic heterocycles. The quantitative estimate of drug-likeness (QED) is 0.864. The number of aromatic nitrogens is 1. The van der Waals surface area contributed by atoms with Gasteiger partial charge in [0.2, 0.25) is 0 Å².